The van der Waals surface area contributed by atoms with Crippen LogP contribution in [0.25, 0.3) is 0 Å². The van der Waals surface area contributed by atoms with Gasteiger partial charge in [-0.05, 0) is 48.4 Å². The van der Waals surface area contributed by atoms with Crippen molar-refractivity contribution >= 4 is 39.1 Å². The maximum Gasteiger partial charge on any atom is 0.248 e. The standard InChI is InChI=1S/C15H14BrClN2O/c1-9-6-10(15(18)20)3-5-14(9)19-8-11-2-4-12(17)7-13(11)16/h2-7,19H,8H2,1H3,(H2,18,20). The first-order chi connectivity index (χ1) is 9.47. The molecule has 1 amide bonds. The largest absolute Gasteiger partial charge is 0.381 e. The molecule has 3 nitrogen and oxygen atoms in total. The van der Waals surface area contributed by atoms with E-state index < -0.39 is 5.91 Å². The van der Waals surface area contributed by atoms with Gasteiger partial charge in [-0.15, -0.1) is 0 Å². The Morgan fingerprint density at radius 2 is 2.05 bits per heavy atom. The number of carbonyl (C=O) groups is 1. The normalized spacial score (nSPS) is 10.3. The summed E-state index contributed by atoms with van der Waals surface area (Å²) < 4.78 is 0.962. The first-order valence-corrected chi connectivity index (χ1v) is 7.22. The van der Waals surface area contributed by atoms with Crippen molar-refractivity contribution in [2.75, 3.05) is 5.32 Å². The lowest BCUT2D eigenvalue weighted by molar-refractivity contribution is 0.1000. The van der Waals surface area contributed by atoms with Crippen molar-refractivity contribution in [1.82, 2.24) is 0 Å². The van der Waals surface area contributed by atoms with E-state index in [9.17, 15) is 4.79 Å². The molecule has 104 valence electrons. The van der Waals surface area contributed by atoms with E-state index in [2.05, 4.69) is 21.2 Å². The monoisotopic (exact) mass is 352 g/mol. The van der Waals surface area contributed by atoms with Crippen LogP contribution < -0.4 is 11.1 Å². The molecular formula is C15H14BrClN2O. The summed E-state index contributed by atoms with van der Waals surface area (Å²) in [7, 11) is 0. The van der Waals surface area contributed by atoms with E-state index in [-0.39, 0.29) is 0 Å². The zero-order valence-electron chi connectivity index (χ0n) is 10.9. The summed E-state index contributed by atoms with van der Waals surface area (Å²) >= 11 is 9.40. The Labute approximate surface area is 131 Å². The minimum absolute atomic E-state index is 0.417. The van der Waals surface area contributed by atoms with Gasteiger partial charge in [-0.1, -0.05) is 33.6 Å². The van der Waals surface area contributed by atoms with Crippen LogP contribution >= 0.6 is 27.5 Å². The van der Waals surface area contributed by atoms with Crippen LogP contribution in [0, 0.1) is 6.92 Å². The van der Waals surface area contributed by atoms with Gasteiger partial charge >= 0.3 is 0 Å². The molecule has 0 fully saturated rings. The number of aryl methyl sites for hydroxylation is 1. The number of halogens is 2. The summed E-state index contributed by atoms with van der Waals surface area (Å²) in [5.41, 5.74) is 8.82. The second kappa shape index (κ2) is 6.29. The highest BCUT2D eigenvalue weighted by Gasteiger charge is 2.05. The van der Waals surface area contributed by atoms with Crippen LogP contribution in [0.2, 0.25) is 5.02 Å². The topological polar surface area (TPSA) is 55.1 Å². The third kappa shape index (κ3) is 3.52. The van der Waals surface area contributed by atoms with Gasteiger partial charge in [-0.3, -0.25) is 4.79 Å². The fraction of sp³-hybridized carbons (Fsp3) is 0.133. The Morgan fingerprint density at radius 3 is 2.65 bits per heavy atom. The number of hydrogen-bond donors (Lipinski definition) is 2. The quantitative estimate of drug-likeness (QED) is 0.868. The van der Waals surface area contributed by atoms with Gasteiger partial charge in [0.1, 0.15) is 0 Å². The molecule has 3 N–H and O–H groups in total. The molecule has 0 aromatic heterocycles. The number of rotatable bonds is 4. The number of nitrogens with two attached hydrogens (primary N) is 1. The molecular weight excluding hydrogens is 340 g/mol. The fourth-order valence-corrected chi connectivity index (χ4v) is 2.69. The molecule has 0 radical (unpaired) electrons. The third-order valence-electron chi connectivity index (χ3n) is 3.00. The van der Waals surface area contributed by atoms with Crippen LogP contribution in [-0.2, 0) is 6.54 Å². The molecule has 0 atom stereocenters. The smallest absolute Gasteiger partial charge is 0.248 e. The van der Waals surface area contributed by atoms with Crippen LogP contribution in [0.4, 0.5) is 5.69 Å². The SMILES string of the molecule is Cc1cc(C(N)=O)ccc1NCc1ccc(Cl)cc1Br. The van der Waals surface area contributed by atoms with Gasteiger partial charge in [0, 0.05) is 27.3 Å². The lowest BCUT2D eigenvalue weighted by Crippen LogP contribution is -2.11. The van der Waals surface area contributed by atoms with Gasteiger partial charge in [-0.25, -0.2) is 0 Å². The number of primary amides is 1. The molecule has 20 heavy (non-hydrogen) atoms. The van der Waals surface area contributed by atoms with Crippen molar-refractivity contribution in [1.29, 1.82) is 0 Å². The first kappa shape index (κ1) is 14.9. The highest BCUT2D eigenvalue weighted by Crippen LogP contribution is 2.23. The molecule has 0 aliphatic carbocycles. The highest BCUT2D eigenvalue weighted by molar-refractivity contribution is 9.10. The van der Waals surface area contributed by atoms with Gasteiger partial charge in [0.2, 0.25) is 5.91 Å². The summed E-state index contributed by atoms with van der Waals surface area (Å²) in [6.07, 6.45) is 0. The van der Waals surface area contributed by atoms with Crippen molar-refractivity contribution in [3.63, 3.8) is 0 Å². The molecule has 0 bridgehead atoms. The van der Waals surface area contributed by atoms with E-state index >= 15 is 0 Å². The number of amides is 1. The van der Waals surface area contributed by atoms with Gasteiger partial charge in [-0.2, -0.15) is 0 Å². The Kier molecular flexibility index (Phi) is 4.68. The zero-order valence-corrected chi connectivity index (χ0v) is 13.3. The number of benzene rings is 2. The Morgan fingerprint density at radius 1 is 1.30 bits per heavy atom. The maximum absolute atomic E-state index is 11.1. The molecule has 0 saturated carbocycles. The summed E-state index contributed by atoms with van der Waals surface area (Å²) in [5, 5.41) is 4.03. The summed E-state index contributed by atoms with van der Waals surface area (Å²) in [6, 6.07) is 11.0. The second-order valence-electron chi connectivity index (χ2n) is 4.48. The van der Waals surface area contributed by atoms with Gasteiger partial charge < -0.3 is 11.1 Å². The van der Waals surface area contributed by atoms with Crippen molar-refractivity contribution in [3.05, 3.63) is 62.6 Å². The van der Waals surface area contributed by atoms with Gasteiger partial charge in [0.15, 0.2) is 0 Å². The number of carbonyl (C=O) groups excluding carboxylic acids is 1. The van der Waals surface area contributed by atoms with Crippen molar-refractivity contribution in [2.24, 2.45) is 5.73 Å². The number of hydrogen-bond acceptors (Lipinski definition) is 2. The summed E-state index contributed by atoms with van der Waals surface area (Å²) in [4.78, 5) is 11.1. The molecule has 0 heterocycles. The molecule has 5 heteroatoms. The molecule has 2 rings (SSSR count). The zero-order chi connectivity index (χ0) is 14.7. The lowest BCUT2D eigenvalue weighted by Gasteiger charge is -2.11. The first-order valence-electron chi connectivity index (χ1n) is 6.05. The second-order valence-corrected chi connectivity index (χ2v) is 5.77. The van der Waals surface area contributed by atoms with Crippen LogP contribution in [0.3, 0.4) is 0 Å². The van der Waals surface area contributed by atoms with E-state index in [0.717, 1.165) is 21.3 Å². The Bertz CT molecular complexity index is 658. The van der Waals surface area contributed by atoms with Gasteiger partial charge in [0.05, 0.1) is 0 Å². The van der Waals surface area contributed by atoms with E-state index in [1.807, 2.05) is 31.2 Å². The Balaban J connectivity index is 2.13. The minimum atomic E-state index is -0.417. The summed E-state index contributed by atoms with van der Waals surface area (Å²) in [5.74, 6) is -0.417. The van der Waals surface area contributed by atoms with E-state index in [1.54, 1.807) is 12.1 Å². The highest BCUT2D eigenvalue weighted by atomic mass is 79.9. The average molecular weight is 354 g/mol. The Hall–Kier alpha value is -1.52. The van der Waals surface area contributed by atoms with Crippen molar-refractivity contribution in [2.45, 2.75) is 13.5 Å². The predicted octanol–water partition coefficient (Wildman–Crippen LogP) is 4.12. The fourth-order valence-electron chi connectivity index (χ4n) is 1.87. The average Bonchev–Trinajstić information content (AvgIpc) is 2.38. The van der Waals surface area contributed by atoms with Crippen molar-refractivity contribution < 1.29 is 4.79 Å². The molecule has 0 spiro atoms. The van der Waals surface area contributed by atoms with E-state index in [0.29, 0.717) is 17.1 Å². The molecule has 0 saturated heterocycles. The van der Waals surface area contributed by atoms with E-state index in [4.69, 9.17) is 17.3 Å². The maximum atomic E-state index is 11.1. The molecule has 2 aromatic carbocycles. The van der Waals surface area contributed by atoms with Crippen molar-refractivity contribution in [3.8, 4) is 0 Å². The van der Waals surface area contributed by atoms with Crippen LogP contribution in [0.15, 0.2) is 40.9 Å². The van der Waals surface area contributed by atoms with Crippen LogP contribution in [-0.4, -0.2) is 5.91 Å². The number of anilines is 1. The third-order valence-corrected chi connectivity index (χ3v) is 3.97. The molecule has 2 aromatic rings. The molecule has 0 aliphatic heterocycles. The summed E-state index contributed by atoms with van der Waals surface area (Å²) in [6.45, 7) is 2.60. The minimum Gasteiger partial charge on any atom is -0.381 e. The molecule has 0 unspecified atom stereocenters. The lowest BCUT2D eigenvalue weighted by atomic mass is 10.1. The van der Waals surface area contributed by atoms with Gasteiger partial charge in [0.25, 0.3) is 0 Å². The number of nitrogens with one attached hydrogen (secondary N) is 1. The van der Waals surface area contributed by atoms with E-state index in [1.165, 1.54) is 0 Å². The predicted molar refractivity (Wildman–Crippen MR) is 86.2 cm³/mol. The van der Waals surface area contributed by atoms with Crippen LogP contribution in [0.5, 0.6) is 0 Å². The molecule has 0 aliphatic rings. The van der Waals surface area contributed by atoms with Crippen LogP contribution in [0.1, 0.15) is 21.5 Å².